The van der Waals surface area contributed by atoms with Crippen LogP contribution in [0.4, 0.5) is 0 Å². The molecule has 2 unspecified atom stereocenters. The van der Waals surface area contributed by atoms with Crippen molar-refractivity contribution in [1.82, 2.24) is 9.38 Å². The van der Waals surface area contributed by atoms with Crippen LogP contribution >= 0.6 is 0 Å². The first-order valence-electron chi connectivity index (χ1n) is 7.12. The second kappa shape index (κ2) is 6.06. The van der Waals surface area contributed by atoms with Crippen molar-refractivity contribution in [2.75, 3.05) is 12.4 Å². The lowest BCUT2D eigenvalue weighted by molar-refractivity contribution is 0.0310. The fraction of sp³-hybridized carbons (Fsp3) is 0.533. The Kier molecular flexibility index (Phi) is 4.17. The molecule has 0 N–H and O–H groups in total. The zero-order chi connectivity index (χ0) is 13.9. The van der Waals surface area contributed by atoms with Crippen molar-refractivity contribution in [1.29, 1.82) is 0 Å². The van der Waals surface area contributed by atoms with Crippen molar-refractivity contribution in [3.8, 4) is 0 Å². The van der Waals surface area contributed by atoms with Crippen LogP contribution in [-0.2, 0) is 21.3 Å². The minimum atomic E-state index is -0.903. The standard InChI is InChI=1S/C15H20N2O2S/c1-12-5-4-7-15-16-13(9-17(12)15)10-20(18)11-14-6-2-3-8-19-14/h4-5,7,9,14H,2-3,6,8,10-11H2,1H3. The Balaban J connectivity index is 1.66. The first-order valence-corrected chi connectivity index (χ1v) is 8.61. The van der Waals surface area contributed by atoms with E-state index in [-0.39, 0.29) is 6.10 Å². The number of aryl methyl sites for hydroxylation is 1. The highest BCUT2D eigenvalue weighted by Gasteiger charge is 2.17. The third-order valence-corrected chi connectivity index (χ3v) is 5.06. The Labute approximate surface area is 121 Å². The molecule has 2 aromatic rings. The smallest absolute Gasteiger partial charge is 0.137 e. The minimum absolute atomic E-state index is 0.170. The van der Waals surface area contributed by atoms with Gasteiger partial charge in [-0.1, -0.05) is 6.07 Å². The number of rotatable bonds is 4. The summed E-state index contributed by atoms with van der Waals surface area (Å²) >= 11 is 0. The van der Waals surface area contributed by atoms with E-state index in [4.69, 9.17) is 4.74 Å². The fourth-order valence-electron chi connectivity index (χ4n) is 2.64. The lowest BCUT2D eigenvalue weighted by Crippen LogP contribution is -2.25. The third-order valence-electron chi connectivity index (χ3n) is 3.70. The lowest BCUT2D eigenvalue weighted by Gasteiger charge is -2.21. The predicted octanol–water partition coefficient (Wildman–Crippen LogP) is 2.46. The highest BCUT2D eigenvalue weighted by molar-refractivity contribution is 7.84. The van der Waals surface area contributed by atoms with Gasteiger partial charge in [0.05, 0.1) is 23.3 Å². The quantitative estimate of drug-likeness (QED) is 0.869. The SMILES string of the molecule is Cc1cccc2nc(CS(=O)CC3CCCCO3)cn12. The summed E-state index contributed by atoms with van der Waals surface area (Å²) in [5, 5.41) is 0. The Bertz CT molecular complexity index is 617. The largest absolute Gasteiger partial charge is 0.377 e. The van der Waals surface area contributed by atoms with Crippen LogP contribution in [0.3, 0.4) is 0 Å². The zero-order valence-electron chi connectivity index (χ0n) is 11.7. The molecule has 1 fully saturated rings. The molecule has 20 heavy (non-hydrogen) atoms. The lowest BCUT2D eigenvalue weighted by atomic mass is 10.1. The maximum atomic E-state index is 12.2. The second-order valence-electron chi connectivity index (χ2n) is 5.37. The molecule has 1 aliphatic heterocycles. The van der Waals surface area contributed by atoms with Crippen molar-refractivity contribution in [3.63, 3.8) is 0 Å². The monoisotopic (exact) mass is 292 g/mol. The predicted molar refractivity (Wildman–Crippen MR) is 80.2 cm³/mol. The number of imidazole rings is 1. The van der Waals surface area contributed by atoms with Gasteiger partial charge in [-0.25, -0.2) is 4.98 Å². The Morgan fingerprint density at radius 2 is 2.35 bits per heavy atom. The van der Waals surface area contributed by atoms with Gasteiger partial charge in [-0.2, -0.15) is 0 Å². The van der Waals surface area contributed by atoms with E-state index in [1.54, 1.807) is 0 Å². The van der Waals surface area contributed by atoms with E-state index in [9.17, 15) is 4.21 Å². The molecule has 3 heterocycles. The molecule has 0 bridgehead atoms. The van der Waals surface area contributed by atoms with Crippen molar-refractivity contribution < 1.29 is 8.95 Å². The van der Waals surface area contributed by atoms with Gasteiger partial charge in [0.15, 0.2) is 0 Å². The van der Waals surface area contributed by atoms with Gasteiger partial charge >= 0.3 is 0 Å². The third kappa shape index (κ3) is 3.10. The van der Waals surface area contributed by atoms with Gasteiger partial charge in [0, 0.05) is 29.3 Å². The molecule has 0 aromatic carbocycles. The molecule has 1 aliphatic rings. The van der Waals surface area contributed by atoms with Crippen LogP contribution in [0.2, 0.25) is 0 Å². The molecule has 0 spiro atoms. The number of nitrogens with zero attached hydrogens (tertiary/aromatic N) is 2. The van der Waals surface area contributed by atoms with E-state index >= 15 is 0 Å². The maximum absolute atomic E-state index is 12.2. The summed E-state index contributed by atoms with van der Waals surface area (Å²) in [6.45, 7) is 2.86. The van der Waals surface area contributed by atoms with Gasteiger partial charge < -0.3 is 9.14 Å². The summed E-state index contributed by atoms with van der Waals surface area (Å²) in [6, 6.07) is 6.02. The second-order valence-corrected chi connectivity index (χ2v) is 6.87. The average molecular weight is 292 g/mol. The minimum Gasteiger partial charge on any atom is -0.377 e. The molecular weight excluding hydrogens is 272 g/mol. The van der Waals surface area contributed by atoms with Crippen molar-refractivity contribution in [3.05, 3.63) is 35.8 Å². The molecule has 2 aromatic heterocycles. The molecular formula is C15H20N2O2S. The highest BCUT2D eigenvalue weighted by atomic mass is 32.2. The van der Waals surface area contributed by atoms with Crippen LogP contribution in [0.5, 0.6) is 0 Å². The van der Waals surface area contributed by atoms with Gasteiger partial charge in [-0.15, -0.1) is 0 Å². The van der Waals surface area contributed by atoms with E-state index < -0.39 is 10.8 Å². The summed E-state index contributed by atoms with van der Waals surface area (Å²) in [5.74, 6) is 1.15. The van der Waals surface area contributed by atoms with Crippen LogP contribution in [0.1, 0.15) is 30.7 Å². The molecule has 0 amide bonds. The number of hydrogen-bond donors (Lipinski definition) is 0. The molecule has 5 heteroatoms. The highest BCUT2D eigenvalue weighted by Crippen LogP contribution is 2.15. The normalized spacial score (nSPS) is 21.1. The van der Waals surface area contributed by atoms with E-state index in [0.29, 0.717) is 11.5 Å². The van der Waals surface area contributed by atoms with E-state index in [2.05, 4.69) is 4.98 Å². The van der Waals surface area contributed by atoms with Crippen LogP contribution in [0, 0.1) is 6.92 Å². The molecule has 108 valence electrons. The molecule has 0 saturated carbocycles. The van der Waals surface area contributed by atoms with Crippen LogP contribution in [0.25, 0.3) is 5.65 Å². The summed E-state index contributed by atoms with van der Waals surface area (Å²) in [6.07, 6.45) is 5.52. The van der Waals surface area contributed by atoms with Crippen molar-refractivity contribution in [2.45, 2.75) is 38.0 Å². The number of pyridine rings is 1. The van der Waals surface area contributed by atoms with Crippen LogP contribution in [-0.4, -0.2) is 32.1 Å². The van der Waals surface area contributed by atoms with Crippen molar-refractivity contribution >= 4 is 16.4 Å². The molecule has 4 nitrogen and oxygen atoms in total. The molecule has 2 atom stereocenters. The number of aromatic nitrogens is 2. The molecule has 0 radical (unpaired) electrons. The van der Waals surface area contributed by atoms with Gasteiger partial charge in [0.1, 0.15) is 5.65 Å². The van der Waals surface area contributed by atoms with Gasteiger partial charge in [0.25, 0.3) is 0 Å². The summed E-state index contributed by atoms with van der Waals surface area (Å²) in [5.41, 5.74) is 2.96. The van der Waals surface area contributed by atoms with E-state index in [0.717, 1.165) is 36.5 Å². The van der Waals surface area contributed by atoms with Gasteiger partial charge in [0.2, 0.25) is 0 Å². The number of fused-ring (bicyclic) bond motifs is 1. The first-order chi connectivity index (χ1) is 9.72. The zero-order valence-corrected chi connectivity index (χ0v) is 12.6. The Hall–Kier alpha value is -1.20. The average Bonchev–Trinajstić information content (AvgIpc) is 2.83. The molecule has 0 aliphatic carbocycles. The Morgan fingerprint density at radius 1 is 1.45 bits per heavy atom. The van der Waals surface area contributed by atoms with Crippen LogP contribution < -0.4 is 0 Å². The molecule has 1 saturated heterocycles. The first kappa shape index (κ1) is 13.8. The molecule has 3 rings (SSSR count). The van der Waals surface area contributed by atoms with Gasteiger partial charge in [-0.3, -0.25) is 4.21 Å². The van der Waals surface area contributed by atoms with E-state index in [1.807, 2.05) is 35.7 Å². The van der Waals surface area contributed by atoms with Crippen LogP contribution in [0.15, 0.2) is 24.4 Å². The number of hydrogen-bond acceptors (Lipinski definition) is 3. The summed E-state index contributed by atoms with van der Waals surface area (Å²) in [7, 11) is -0.903. The fourth-order valence-corrected chi connectivity index (χ4v) is 3.90. The topological polar surface area (TPSA) is 43.6 Å². The van der Waals surface area contributed by atoms with Crippen molar-refractivity contribution in [2.24, 2.45) is 0 Å². The summed E-state index contributed by atoms with van der Waals surface area (Å²) < 4.78 is 19.9. The summed E-state index contributed by atoms with van der Waals surface area (Å²) in [4.78, 5) is 4.54. The number of ether oxygens (including phenoxy) is 1. The Morgan fingerprint density at radius 3 is 3.10 bits per heavy atom. The van der Waals surface area contributed by atoms with Gasteiger partial charge in [-0.05, 0) is 38.3 Å². The van der Waals surface area contributed by atoms with E-state index in [1.165, 1.54) is 6.42 Å². The maximum Gasteiger partial charge on any atom is 0.137 e.